The number of benzene rings is 1. The number of aromatic nitrogens is 2. The van der Waals surface area contributed by atoms with Gasteiger partial charge in [0.15, 0.2) is 0 Å². The van der Waals surface area contributed by atoms with Crippen LogP contribution in [0.1, 0.15) is 17.8 Å². The van der Waals surface area contributed by atoms with Crippen molar-refractivity contribution < 1.29 is 0 Å². The lowest BCUT2D eigenvalue weighted by Crippen LogP contribution is -2.30. The molecule has 2 aromatic rings. The van der Waals surface area contributed by atoms with Gasteiger partial charge in [-0.1, -0.05) is 42.5 Å². The third-order valence-corrected chi connectivity index (χ3v) is 3.84. The highest BCUT2D eigenvalue weighted by Crippen LogP contribution is 2.17. The number of rotatable bonds is 5. The van der Waals surface area contributed by atoms with E-state index in [-0.39, 0.29) is 0 Å². The largest absolute Gasteiger partial charge is 0.335 e. The Hall–Kier alpha value is -1.87. The second kappa shape index (κ2) is 6.53. The van der Waals surface area contributed by atoms with E-state index in [9.17, 15) is 0 Å². The molecule has 3 heteroatoms. The SMILES string of the molecule is C(=C\c1ccccc1)/CNCC1CCc2nccn2C1. The van der Waals surface area contributed by atoms with Crippen molar-refractivity contribution in [3.05, 3.63) is 60.2 Å². The van der Waals surface area contributed by atoms with Crippen molar-refractivity contribution in [3.63, 3.8) is 0 Å². The van der Waals surface area contributed by atoms with Crippen molar-refractivity contribution in [2.75, 3.05) is 13.1 Å². The lowest BCUT2D eigenvalue weighted by atomic mass is 9.99. The molecule has 0 saturated carbocycles. The van der Waals surface area contributed by atoms with E-state index in [0.29, 0.717) is 0 Å². The van der Waals surface area contributed by atoms with E-state index in [4.69, 9.17) is 0 Å². The van der Waals surface area contributed by atoms with Crippen LogP contribution in [0, 0.1) is 5.92 Å². The summed E-state index contributed by atoms with van der Waals surface area (Å²) in [6.07, 6.45) is 10.7. The van der Waals surface area contributed by atoms with Gasteiger partial charge in [-0.3, -0.25) is 0 Å². The van der Waals surface area contributed by atoms with Gasteiger partial charge < -0.3 is 9.88 Å². The second-order valence-electron chi connectivity index (χ2n) is 5.37. The van der Waals surface area contributed by atoms with Gasteiger partial charge in [-0.2, -0.15) is 0 Å². The quantitative estimate of drug-likeness (QED) is 0.844. The van der Waals surface area contributed by atoms with Crippen LogP contribution in [0.25, 0.3) is 6.08 Å². The third-order valence-electron chi connectivity index (χ3n) is 3.84. The minimum Gasteiger partial charge on any atom is -0.335 e. The molecule has 0 saturated heterocycles. The van der Waals surface area contributed by atoms with Gasteiger partial charge in [-0.25, -0.2) is 4.98 Å². The van der Waals surface area contributed by atoms with Crippen molar-refractivity contribution in [1.82, 2.24) is 14.9 Å². The molecule has 0 fully saturated rings. The Bertz CT molecular complexity index is 557. The van der Waals surface area contributed by atoms with Crippen LogP contribution in [0.4, 0.5) is 0 Å². The Kier molecular flexibility index (Phi) is 4.28. The van der Waals surface area contributed by atoms with E-state index < -0.39 is 0 Å². The first-order valence-electron chi connectivity index (χ1n) is 7.34. The maximum atomic E-state index is 4.37. The molecule has 0 radical (unpaired) electrons. The summed E-state index contributed by atoms with van der Waals surface area (Å²) in [5, 5.41) is 3.53. The van der Waals surface area contributed by atoms with Crippen molar-refractivity contribution in [1.29, 1.82) is 0 Å². The van der Waals surface area contributed by atoms with Crippen molar-refractivity contribution in [3.8, 4) is 0 Å². The average molecular weight is 267 g/mol. The summed E-state index contributed by atoms with van der Waals surface area (Å²) >= 11 is 0. The molecule has 1 aliphatic heterocycles. The molecule has 0 bridgehead atoms. The Labute approximate surface area is 120 Å². The summed E-state index contributed by atoms with van der Waals surface area (Å²) in [4.78, 5) is 4.37. The lowest BCUT2D eigenvalue weighted by Gasteiger charge is -2.23. The second-order valence-corrected chi connectivity index (χ2v) is 5.37. The molecule has 2 heterocycles. The number of hydrogen-bond acceptors (Lipinski definition) is 2. The zero-order chi connectivity index (χ0) is 13.6. The molecule has 104 valence electrons. The molecule has 20 heavy (non-hydrogen) atoms. The number of hydrogen-bond donors (Lipinski definition) is 1. The molecule has 3 nitrogen and oxygen atoms in total. The average Bonchev–Trinajstić information content (AvgIpc) is 2.95. The zero-order valence-electron chi connectivity index (χ0n) is 11.7. The standard InChI is InChI=1S/C17H21N3/c1-2-5-15(6-3-1)7-4-10-18-13-16-8-9-17-19-11-12-20(17)14-16/h1-7,11-12,16,18H,8-10,13-14H2/b7-4+. The van der Waals surface area contributed by atoms with Crippen LogP contribution >= 0.6 is 0 Å². The molecule has 1 atom stereocenters. The van der Waals surface area contributed by atoms with Gasteiger partial charge in [-0.05, 0) is 24.4 Å². The van der Waals surface area contributed by atoms with Gasteiger partial charge in [0.2, 0.25) is 0 Å². The summed E-state index contributed by atoms with van der Waals surface area (Å²) in [6, 6.07) is 10.4. The maximum absolute atomic E-state index is 4.37. The predicted octanol–water partition coefficient (Wildman–Crippen LogP) is 2.75. The summed E-state index contributed by atoms with van der Waals surface area (Å²) in [5.74, 6) is 1.96. The Morgan fingerprint density at radius 1 is 1.30 bits per heavy atom. The van der Waals surface area contributed by atoms with E-state index in [0.717, 1.165) is 32.0 Å². The van der Waals surface area contributed by atoms with Crippen molar-refractivity contribution >= 4 is 6.08 Å². The van der Waals surface area contributed by atoms with Gasteiger partial charge in [0, 0.05) is 31.9 Å². The molecule has 0 amide bonds. The van der Waals surface area contributed by atoms with E-state index in [1.807, 2.05) is 12.3 Å². The fourth-order valence-corrected chi connectivity index (χ4v) is 2.73. The summed E-state index contributed by atoms with van der Waals surface area (Å²) in [7, 11) is 0. The van der Waals surface area contributed by atoms with E-state index in [1.54, 1.807) is 0 Å². The maximum Gasteiger partial charge on any atom is 0.108 e. The highest BCUT2D eigenvalue weighted by Gasteiger charge is 2.17. The monoisotopic (exact) mass is 267 g/mol. The fraction of sp³-hybridized carbons (Fsp3) is 0.353. The van der Waals surface area contributed by atoms with Crippen LogP contribution in [-0.4, -0.2) is 22.6 Å². The molecule has 3 rings (SSSR count). The topological polar surface area (TPSA) is 29.9 Å². The molecule has 1 aromatic carbocycles. The molecular weight excluding hydrogens is 246 g/mol. The smallest absolute Gasteiger partial charge is 0.108 e. The van der Waals surface area contributed by atoms with Crippen LogP contribution in [-0.2, 0) is 13.0 Å². The zero-order valence-corrected chi connectivity index (χ0v) is 11.7. The fourth-order valence-electron chi connectivity index (χ4n) is 2.73. The highest BCUT2D eigenvalue weighted by molar-refractivity contribution is 5.48. The van der Waals surface area contributed by atoms with E-state index in [1.165, 1.54) is 17.8 Å². The van der Waals surface area contributed by atoms with Crippen LogP contribution in [0.3, 0.4) is 0 Å². The first-order chi connectivity index (χ1) is 9.92. The molecule has 1 aromatic heterocycles. The number of fused-ring (bicyclic) bond motifs is 1. The van der Waals surface area contributed by atoms with Crippen LogP contribution in [0.2, 0.25) is 0 Å². The first-order valence-corrected chi connectivity index (χ1v) is 7.34. The number of aryl methyl sites for hydroxylation is 1. The molecule has 0 spiro atoms. The van der Waals surface area contributed by atoms with Crippen LogP contribution in [0.15, 0.2) is 48.8 Å². The van der Waals surface area contributed by atoms with Gasteiger partial charge in [-0.15, -0.1) is 0 Å². The third kappa shape index (κ3) is 3.36. The number of nitrogens with one attached hydrogen (secondary N) is 1. The van der Waals surface area contributed by atoms with Crippen LogP contribution < -0.4 is 5.32 Å². The first kappa shape index (κ1) is 13.1. The minimum absolute atomic E-state index is 0.724. The molecule has 1 aliphatic rings. The minimum atomic E-state index is 0.724. The van der Waals surface area contributed by atoms with Gasteiger partial charge in [0.1, 0.15) is 5.82 Å². The van der Waals surface area contributed by atoms with Gasteiger partial charge in [0.05, 0.1) is 0 Å². The predicted molar refractivity (Wildman–Crippen MR) is 82.4 cm³/mol. The summed E-state index contributed by atoms with van der Waals surface area (Å²) < 4.78 is 2.29. The number of nitrogens with zero attached hydrogens (tertiary/aromatic N) is 2. The van der Waals surface area contributed by atoms with Crippen molar-refractivity contribution in [2.45, 2.75) is 19.4 Å². The Balaban J connectivity index is 1.40. The van der Waals surface area contributed by atoms with Crippen molar-refractivity contribution in [2.24, 2.45) is 5.92 Å². The van der Waals surface area contributed by atoms with Gasteiger partial charge >= 0.3 is 0 Å². The number of imidazole rings is 1. The lowest BCUT2D eigenvalue weighted by molar-refractivity contribution is 0.352. The summed E-state index contributed by atoms with van der Waals surface area (Å²) in [6.45, 7) is 3.11. The van der Waals surface area contributed by atoms with E-state index >= 15 is 0 Å². The normalized spacial score (nSPS) is 18.3. The Morgan fingerprint density at radius 3 is 3.10 bits per heavy atom. The summed E-state index contributed by atoms with van der Waals surface area (Å²) in [5.41, 5.74) is 1.26. The molecule has 1 unspecified atom stereocenters. The molecule has 0 aliphatic carbocycles. The van der Waals surface area contributed by atoms with E-state index in [2.05, 4.69) is 57.5 Å². The van der Waals surface area contributed by atoms with Gasteiger partial charge in [0.25, 0.3) is 0 Å². The highest BCUT2D eigenvalue weighted by atomic mass is 15.1. The molecule has 1 N–H and O–H groups in total. The van der Waals surface area contributed by atoms with Crippen LogP contribution in [0.5, 0.6) is 0 Å². The molecular formula is C17H21N3. The Morgan fingerprint density at radius 2 is 2.20 bits per heavy atom.